The summed E-state index contributed by atoms with van der Waals surface area (Å²) in [5.74, 6) is -0.268. The van der Waals surface area contributed by atoms with Crippen molar-refractivity contribution in [3.8, 4) is 0 Å². The fourth-order valence-corrected chi connectivity index (χ4v) is 7.82. The van der Waals surface area contributed by atoms with Gasteiger partial charge in [0.15, 0.2) is 8.32 Å². The maximum absolute atomic E-state index is 11.8. The van der Waals surface area contributed by atoms with Crippen LogP contribution in [-0.4, -0.2) is 74.3 Å². The fraction of sp³-hybridized carbons (Fsp3) is 0.955. The lowest BCUT2D eigenvalue weighted by Gasteiger charge is -2.53. The number of hydrogen-bond acceptors (Lipinski definition) is 7. The Kier molecular flexibility index (Phi) is 9.77. The molecule has 0 spiro atoms. The summed E-state index contributed by atoms with van der Waals surface area (Å²) in [4.78, 5) is 11.8. The Hall–Kier alpha value is -0.513. The van der Waals surface area contributed by atoms with Crippen molar-refractivity contribution in [3.05, 3.63) is 0 Å². The number of methoxy groups -OCH3 is 1. The maximum atomic E-state index is 11.8. The lowest BCUT2D eigenvalue weighted by molar-refractivity contribution is -0.280. The lowest BCUT2D eigenvalue weighted by Crippen LogP contribution is -2.64. The second-order valence-electron chi connectivity index (χ2n) is 9.02. The van der Waals surface area contributed by atoms with Gasteiger partial charge in [0.25, 0.3) is 0 Å². The van der Waals surface area contributed by atoms with Gasteiger partial charge in [-0.15, -0.1) is 0 Å². The third-order valence-corrected chi connectivity index (χ3v) is 11.9. The van der Waals surface area contributed by atoms with Crippen molar-refractivity contribution in [2.45, 2.75) is 120 Å². The van der Waals surface area contributed by atoms with Crippen LogP contribution in [0.25, 0.3) is 0 Å². The van der Waals surface area contributed by atoms with Crippen LogP contribution in [0, 0.1) is 0 Å². The van der Waals surface area contributed by atoms with Crippen LogP contribution < -0.4 is 0 Å². The van der Waals surface area contributed by atoms with Gasteiger partial charge in [0.05, 0.1) is 37.1 Å². The normalized spacial score (nSPS) is 34.4. The van der Waals surface area contributed by atoms with E-state index >= 15 is 0 Å². The molecule has 2 rings (SSSR count). The van der Waals surface area contributed by atoms with Gasteiger partial charge in [-0.1, -0.05) is 20.8 Å². The zero-order valence-corrected chi connectivity index (χ0v) is 20.4. The van der Waals surface area contributed by atoms with Gasteiger partial charge in [-0.05, 0) is 44.3 Å². The highest BCUT2D eigenvalue weighted by atomic mass is 28.4. The van der Waals surface area contributed by atoms with Crippen LogP contribution in [-0.2, 0) is 23.4 Å². The number of rotatable bonds is 11. The first-order valence-corrected chi connectivity index (χ1v) is 14.2. The molecule has 8 heteroatoms. The molecule has 0 unspecified atom stereocenters. The van der Waals surface area contributed by atoms with Crippen LogP contribution in [0.1, 0.15) is 66.2 Å². The molecule has 2 aliphatic heterocycles. The van der Waals surface area contributed by atoms with E-state index in [1.807, 2.05) is 6.92 Å². The van der Waals surface area contributed by atoms with E-state index < -0.39 is 26.1 Å². The fourth-order valence-electron chi connectivity index (χ4n) is 4.87. The minimum atomic E-state index is -1.92. The predicted octanol–water partition coefficient (Wildman–Crippen LogP) is 3.17. The summed E-state index contributed by atoms with van der Waals surface area (Å²) in [6.45, 7) is 8.72. The molecule has 2 aliphatic rings. The van der Waals surface area contributed by atoms with Crippen molar-refractivity contribution < 1.29 is 33.6 Å². The summed E-state index contributed by atoms with van der Waals surface area (Å²) in [7, 11) is -0.523. The number of aliphatic hydroxyl groups excluding tert-OH is 2. The Balaban J connectivity index is 2.23. The molecule has 6 atom stereocenters. The molecule has 2 heterocycles. The monoisotopic (exact) mass is 446 g/mol. The largest absolute Gasteiger partial charge is 0.469 e. The number of esters is 1. The first-order chi connectivity index (χ1) is 14.3. The van der Waals surface area contributed by atoms with E-state index in [9.17, 15) is 9.90 Å². The van der Waals surface area contributed by atoms with E-state index in [-0.39, 0.29) is 37.3 Å². The van der Waals surface area contributed by atoms with Gasteiger partial charge >= 0.3 is 5.97 Å². The van der Waals surface area contributed by atoms with E-state index in [2.05, 4.69) is 20.8 Å². The van der Waals surface area contributed by atoms with E-state index in [0.29, 0.717) is 25.7 Å². The second-order valence-corrected chi connectivity index (χ2v) is 13.7. The molecular weight excluding hydrogens is 404 g/mol. The summed E-state index contributed by atoms with van der Waals surface area (Å²) >= 11 is 0. The Morgan fingerprint density at radius 1 is 1.20 bits per heavy atom. The molecule has 2 N–H and O–H groups in total. The van der Waals surface area contributed by atoms with Crippen molar-refractivity contribution in [1.29, 1.82) is 0 Å². The van der Waals surface area contributed by atoms with E-state index in [1.54, 1.807) is 0 Å². The molecule has 0 amide bonds. The maximum Gasteiger partial charge on any atom is 0.305 e. The first-order valence-electron chi connectivity index (χ1n) is 11.6. The van der Waals surface area contributed by atoms with Gasteiger partial charge in [0.1, 0.15) is 6.10 Å². The molecule has 2 fully saturated rings. The van der Waals surface area contributed by atoms with Gasteiger partial charge < -0.3 is 28.8 Å². The molecule has 0 radical (unpaired) electrons. The number of ether oxygens (including phenoxy) is 3. The summed E-state index contributed by atoms with van der Waals surface area (Å²) in [5, 5.41) is 19.9. The quantitative estimate of drug-likeness (QED) is 0.372. The van der Waals surface area contributed by atoms with Crippen molar-refractivity contribution in [3.63, 3.8) is 0 Å². The van der Waals surface area contributed by atoms with E-state index in [4.69, 9.17) is 23.7 Å². The molecule has 0 aromatic carbocycles. The van der Waals surface area contributed by atoms with Crippen molar-refractivity contribution in [2.24, 2.45) is 0 Å². The van der Waals surface area contributed by atoms with Crippen molar-refractivity contribution >= 4 is 14.3 Å². The highest BCUT2D eigenvalue weighted by molar-refractivity contribution is 6.73. The third-order valence-electron chi connectivity index (χ3n) is 7.21. The van der Waals surface area contributed by atoms with Crippen LogP contribution in [0.2, 0.25) is 18.1 Å². The highest BCUT2D eigenvalue weighted by Gasteiger charge is 2.53. The van der Waals surface area contributed by atoms with E-state index in [1.165, 1.54) is 7.11 Å². The average molecular weight is 447 g/mol. The first kappa shape index (κ1) is 25.7. The molecule has 176 valence electrons. The molecule has 30 heavy (non-hydrogen) atoms. The van der Waals surface area contributed by atoms with Crippen molar-refractivity contribution in [1.82, 2.24) is 0 Å². The number of aliphatic hydroxyl groups is 2. The lowest BCUT2D eigenvalue weighted by atomic mass is 9.81. The molecule has 0 saturated carbocycles. The average Bonchev–Trinajstić information content (AvgIpc) is 2.75. The zero-order valence-electron chi connectivity index (χ0n) is 19.4. The zero-order chi connectivity index (χ0) is 22.4. The van der Waals surface area contributed by atoms with Gasteiger partial charge in [-0.3, -0.25) is 4.79 Å². The number of hydrogen-bond donors (Lipinski definition) is 2. The van der Waals surface area contributed by atoms with Gasteiger partial charge in [-0.25, -0.2) is 0 Å². The summed E-state index contributed by atoms with van der Waals surface area (Å²) < 4.78 is 24.5. The second kappa shape index (κ2) is 11.4. The number of fused-ring (bicyclic) bond motifs is 1. The smallest absolute Gasteiger partial charge is 0.305 e. The molecule has 0 bridgehead atoms. The van der Waals surface area contributed by atoms with Gasteiger partial charge in [0, 0.05) is 25.9 Å². The van der Waals surface area contributed by atoms with Gasteiger partial charge in [-0.2, -0.15) is 0 Å². The SMILES string of the molecule is CC[Si](CC)(CC)O[C@H]1C[C@H]2O[C@H](CCCO)C[C@H](O)[C@@H]2O[C@]1(C)CCC(=O)OC. The molecule has 0 aliphatic carbocycles. The van der Waals surface area contributed by atoms with Crippen LogP contribution in [0.4, 0.5) is 0 Å². The van der Waals surface area contributed by atoms with Crippen molar-refractivity contribution in [2.75, 3.05) is 13.7 Å². The summed E-state index contributed by atoms with van der Waals surface area (Å²) in [6.07, 6.45) is 1.67. The molecule has 7 nitrogen and oxygen atoms in total. The minimum absolute atomic E-state index is 0.0809. The molecule has 2 saturated heterocycles. The van der Waals surface area contributed by atoms with Gasteiger partial charge in [0.2, 0.25) is 0 Å². The van der Waals surface area contributed by atoms with Crippen LogP contribution >= 0.6 is 0 Å². The molecule has 0 aromatic rings. The van der Waals surface area contributed by atoms with Crippen LogP contribution in [0.5, 0.6) is 0 Å². The molecule has 0 aromatic heterocycles. The standard InChI is InChI=1S/C22H42O7Si/c1-6-30(7-2,8-3)29-19-15-18-21(17(24)14-16(27-18)10-9-13-23)28-22(19,4)12-11-20(25)26-5/h16-19,21,23-24H,6-15H2,1-5H3/t16-,17+,18-,19+,21+,22-/m1/s1. The van der Waals surface area contributed by atoms with Crippen LogP contribution in [0.15, 0.2) is 0 Å². The number of carbonyl (C=O) groups is 1. The predicted molar refractivity (Wildman–Crippen MR) is 117 cm³/mol. The molecular formula is C22H42O7Si. The summed E-state index contributed by atoms with van der Waals surface area (Å²) in [5.41, 5.74) is -0.685. The topological polar surface area (TPSA) is 94.5 Å². The Labute approximate surface area is 182 Å². The third kappa shape index (κ3) is 6.04. The Bertz CT molecular complexity index is 533. The Morgan fingerprint density at radius 2 is 1.87 bits per heavy atom. The highest BCUT2D eigenvalue weighted by Crippen LogP contribution is 2.43. The summed E-state index contributed by atoms with van der Waals surface area (Å²) in [6, 6.07) is 3.08. The Morgan fingerprint density at radius 3 is 2.43 bits per heavy atom. The number of carbonyl (C=O) groups excluding carboxylic acids is 1. The minimum Gasteiger partial charge on any atom is -0.469 e. The van der Waals surface area contributed by atoms with Crippen LogP contribution in [0.3, 0.4) is 0 Å². The van der Waals surface area contributed by atoms with E-state index in [0.717, 1.165) is 24.6 Å².